The lowest BCUT2D eigenvalue weighted by molar-refractivity contribution is 0.0900. The predicted octanol–water partition coefficient (Wildman–Crippen LogP) is 2.96. The van der Waals surface area contributed by atoms with E-state index in [1.807, 2.05) is 20.8 Å². The number of hydrogen-bond donors (Lipinski definition) is 1. The van der Waals surface area contributed by atoms with Gasteiger partial charge in [0, 0.05) is 18.2 Å². The Morgan fingerprint density at radius 1 is 1.20 bits per heavy atom. The van der Waals surface area contributed by atoms with E-state index in [0.717, 1.165) is 5.56 Å². The summed E-state index contributed by atoms with van der Waals surface area (Å²) < 4.78 is 5.30. The van der Waals surface area contributed by atoms with Crippen LogP contribution in [0.25, 0.3) is 10.8 Å². The van der Waals surface area contributed by atoms with Crippen molar-refractivity contribution >= 4 is 16.6 Å². The third-order valence-electron chi connectivity index (χ3n) is 3.79. The molecule has 3 rings (SSSR count). The van der Waals surface area contributed by atoms with Crippen LogP contribution in [0.4, 0.5) is 0 Å². The molecule has 0 bridgehead atoms. The van der Waals surface area contributed by atoms with Crippen molar-refractivity contribution in [3.05, 3.63) is 39.4 Å². The Hall–Kier alpha value is -2.10. The number of ketones is 1. The number of carbonyl (C=O) groups is 1. The maximum Gasteiger partial charge on any atom is 0.347 e. The predicted molar refractivity (Wildman–Crippen MR) is 75.3 cm³/mol. The van der Waals surface area contributed by atoms with Gasteiger partial charge in [-0.25, -0.2) is 4.79 Å². The number of Topliss-reactive ketones (excluding diaryl/α,β-unsaturated/α-hetero) is 1. The number of benzene rings is 1. The summed E-state index contributed by atoms with van der Waals surface area (Å²) in [6.45, 7) is 5.77. The van der Waals surface area contributed by atoms with E-state index in [1.165, 1.54) is 6.07 Å². The molecule has 1 N–H and O–H groups in total. The Morgan fingerprint density at radius 3 is 2.60 bits per heavy atom. The molecule has 4 heteroatoms. The van der Waals surface area contributed by atoms with E-state index in [-0.39, 0.29) is 22.3 Å². The molecule has 0 saturated carbocycles. The summed E-state index contributed by atoms with van der Waals surface area (Å²) in [5.74, 6) is 0.276. The van der Waals surface area contributed by atoms with Crippen molar-refractivity contribution in [3.8, 4) is 5.75 Å². The van der Waals surface area contributed by atoms with Gasteiger partial charge in [0.1, 0.15) is 16.9 Å². The first kappa shape index (κ1) is 12.9. The molecule has 1 aromatic heterocycles. The lowest BCUT2D eigenvalue weighted by Gasteiger charge is -2.29. The van der Waals surface area contributed by atoms with Crippen molar-refractivity contribution in [2.24, 2.45) is 5.41 Å². The second-order valence-electron chi connectivity index (χ2n) is 6.34. The Balaban J connectivity index is 2.46. The van der Waals surface area contributed by atoms with Crippen molar-refractivity contribution in [2.45, 2.75) is 33.6 Å². The zero-order valence-electron chi connectivity index (χ0n) is 11.7. The summed E-state index contributed by atoms with van der Waals surface area (Å²) in [5.41, 5.74) is 0.472. The Morgan fingerprint density at radius 2 is 1.90 bits per heavy atom. The van der Waals surface area contributed by atoms with Crippen LogP contribution < -0.4 is 5.63 Å². The van der Waals surface area contributed by atoms with Crippen LogP contribution >= 0.6 is 0 Å². The smallest absolute Gasteiger partial charge is 0.347 e. The van der Waals surface area contributed by atoms with Gasteiger partial charge in [-0.2, -0.15) is 0 Å². The first-order valence-electron chi connectivity index (χ1n) is 6.61. The summed E-state index contributed by atoms with van der Waals surface area (Å²) in [5, 5.41) is 10.6. The van der Waals surface area contributed by atoms with E-state index < -0.39 is 5.63 Å². The van der Waals surface area contributed by atoms with Gasteiger partial charge in [-0.1, -0.05) is 19.9 Å². The maximum atomic E-state index is 12.4. The van der Waals surface area contributed by atoms with Gasteiger partial charge in [-0.15, -0.1) is 0 Å². The van der Waals surface area contributed by atoms with E-state index in [0.29, 0.717) is 29.6 Å². The Bertz CT molecular complexity index is 796. The van der Waals surface area contributed by atoms with E-state index >= 15 is 0 Å². The second kappa shape index (κ2) is 3.95. The third kappa shape index (κ3) is 1.83. The molecular weight excluding hydrogens is 256 g/mol. The molecule has 1 aliphatic rings. The zero-order valence-corrected chi connectivity index (χ0v) is 11.7. The molecule has 104 valence electrons. The van der Waals surface area contributed by atoms with Crippen LogP contribution in [0.3, 0.4) is 0 Å². The monoisotopic (exact) mass is 272 g/mol. The van der Waals surface area contributed by atoms with Gasteiger partial charge in [-0.3, -0.25) is 4.79 Å². The molecule has 1 aliphatic carbocycles. The fourth-order valence-corrected chi connectivity index (χ4v) is 2.99. The van der Waals surface area contributed by atoms with Crippen molar-refractivity contribution in [3.63, 3.8) is 0 Å². The van der Waals surface area contributed by atoms with Gasteiger partial charge >= 0.3 is 5.63 Å². The van der Waals surface area contributed by atoms with Crippen LogP contribution in [0, 0.1) is 12.3 Å². The molecule has 20 heavy (non-hydrogen) atoms. The normalized spacial score (nSPS) is 17.2. The minimum Gasteiger partial charge on any atom is -0.507 e. The molecule has 0 aliphatic heterocycles. The highest BCUT2D eigenvalue weighted by atomic mass is 16.4. The maximum absolute atomic E-state index is 12.4. The number of aryl methyl sites for hydroxylation is 1. The first-order chi connectivity index (χ1) is 9.28. The lowest BCUT2D eigenvalue weighted by atomic mass is 9.75. The van der Waals surface area contributed by atoms with Crippen LogP contribution in [-0.2, 0) is 6.42 Å². The average Bonchev–Trinajstić information content (AvgIpc) is 2.24. The lowest BCUT2D eigenvalue weighted by Crippen LogP contribution is -2.28. The summed E-state index contributed by atoms with van der Waals surface area (Å²) in [6, 6.07) is 3.27. The molecule has 0 amide bonds. The first-order valence-corrected chi connectivity index (χ1v) is 6.61. The average molecular weight is 272 g/mol. The second-order valence-corrected chi connectivity index (χ2v) is 6.34. The fraction of sp³-hybridized carbons (Fsp3) is 0.375. The third-order valence-corrected chi connectivity index (χ3v) is 3.79. The number of rotatable bonds is 0. The molecular formula is C16H16O4. The van der Waals surface area contributed by atoms with Crippen molar-refractivity contribution in [1.82, 2.24) is 0 Å². The summed E-state index contributed by atoms with van der Waals surface area (Å²) in [6.07, 6.45) is 0.964. The van der Waals surface area contributed by atoms with Crippen LogP contribution in [0.5, 0.6) is 5.75 Å². The quantitative estimate of drug-likeness (QED) is 0.800. The molecule has 1 heterocycles. The van der Waals surface area contributed by atoms with Gasteiger partial charge in [0.25, 0.3) is 0 Å². The fourth-order valence-electron chi connectivity index (χ4n) is 2.99. The number of phenols is 1. The van der Waals surface area contributed by atoms with Gasteiger partial charge in [0.2, 0.25) is 0 Å². The standard InChI is InChI=1S/C16H16O4/c1-8-4-9-13-11(18)6-16(2,3)7-12(13)20-15(19)14(9)10(17)5-8/h4-5,17H,6-7H2,1-3H3. The van der Waals surface area contributed by atoms with E-state index in [1.54, 1.807) is 6.07 Å². The van der Waals surface area contributed by atoms with E-state index in [9.17, 15) is 14.7 Å². The van der Waals surface area contributed by atoms with Crippen LogP contribution in [-0.4, -0.2) is 10.9 Å². The largest absolute Gasteiger partial charge is 0.507 e. The van der Waals surface area contributed by atoms with Gasteiger partial charge in [0.15, 0.2) is 5.78 Å². The van der Waals surface area contributed by atoms with E-state index in [4.69, 9.17) is 4.42 Å². The van der Waals surface area contributed by atoms with Crippen molar-refractivity contribution in [2.75, 3.05) is 0 Å². The molecule has 0 saturated heterocycles. The SMILES string of the molecule is Cc1cc(O)c2c(=O)oc3c(c2c1)C(=O)CC(C)(C)C3. The summed E-state index contributed by atoms with van der Waals surface area (Å²) in [4.78, 5) is 24.5. The van der Waals surface area contributed by atoms with Crippen molar-refractivity contribution in [1.29, 1.82) is 0 Å². The number of aromatic hydroxyl groups is 1. The molecule has 0 fully saturated rings. The zero-order chi connectivity index (χ0) is 14.7. The highest BCUT2D eigenvalue weighted by Gasteiger charge is 2.35. The topological polar surface area (TPSA) is 67.5 Å². The van der Waals surface area contributed by atoms with E-state index in [2.05, 4.69) is 0 Å². The molecule has 0 spiro atoms. The van der Waals surface area contributed by atoms with Crippen LogP contribution in [0.1, 0.15) is 41.9 Å². The minimum atomic E-state index is -0.582. The Labute approximate surface area is 116 Å². The van der Waals surface area contributed by atoms with Gasteiger partial charge in [0.05, 0.1) is 5.56 Å². The van der Waals surface area contributed by atoms with Crippen LogP contribution in [0.15, 0.2) is 21.3 Å². The minimum absolute atomic E-state index is 0.0324. The Kier molecular flexibility index (Phi) is 2.55. The molecule has 1 aromatic carbocycles. The highest BCUT2D eigenvalue weighted by Crippen LogP contribution is 2.38. The van der Waals surface area contributed by atoms with Crippen LogP contribution in [0.2, 0.25) is 0 Å². The van der Waals surface area contributed by atoms with Gasteiger partial charge in [-0.05, 0) is 24.0 Å². The summed E-state index contributed by atoms with van der Waals surface area (Å²) in [7, 11) is 0. The highest BCUT2D eigenvalue weighted by molar-refractivity contribution is 6.10. The number of fused-ring (bicyclic) bond motifs is 3. The molecule has 0 atom stereocenters. The van der Waals surface area contributed by atoms with Gasteiger partial charge < -0.3 is 9.52 Å². The molecule has 0 unspecified atom stereocenters. The summed E-state index contributed by atoms with van der Waals surface area (Å²) >= 11 is 0. The number of hydrogen-bond acceptors (Lipinski definition) is 4. The van der Waals surface area contributed by atoms with Crippen molar-refractivity contribution < 1.29 is 14.3 Å². The number of carbonyl (C=O) groups excluding carboxylic acids is 1. The molecule has 4 nitrogen and oxygen atoms in total. The molecule has 2 aromatic rings. The number of phenolic OH excluding ortho intramolecular Hbond substituents is 1. The molecule has 0 radical (unpaired) electrons.